The number of hydrogen-bond acceptors (Lipinski definition) is 3. The molecule has 0 atom stereocenters. The van der Waals surface area contributed by atoms with Crippen LogP contribution in [0.1, 0.15) is 11.1 Å². The van der Waals surface area contributed by atoms with Gasteiger partial charge in [0.25, 0.3) is 0 Å². The molecule has 0 aliphatic rings. The highest BCUT2D eigenvalue weighted by Crippen LogP contribution is 2.51. The van der Waals surface area contributed by atoms with Crippen molar-refractivity contribution in [3.05, 3.63) is 126 Å². The summed E-state index contributed by atoms with van der Waals surface area (Å²) < 4.78 is 11.0. The fourth-order valence-electron chi connectivity index (χ4n) is 8.00. The molecule has 0 aromatic heterocycles. The van der Waals surface area contributed by atoms with Crippen LogP contribution in [0.25, 0.3) is 64.6 Å². The van der Waals surface area contributed by atoms with E-state index in [4.69, 9.17) is 9.47 Å². The highest BCUT2D eigenvalue weighted by Gasteiger charge is 2.24. The highest BCUT2D eigenvalue weighted by atomic mass is 16.5. The van der Waals surface area contributed by atoms with Gasteiger partial charge in [0.2, 0.25) is 0 Å². The van der Waals surface area contributed by atoms with Crippen LogP contribution in [0.15, 0.2) is 115 Å². The quantitative estimate of drug-likeness (QED) is 0.202. The molecule has 0 fully saturated rings. The number of rotatable bonds is 5. The van der Waals surface area contributed by atoms with Crippen molar-refractivity contribution in [2.24, 2.45) is 0 Å². The van der Waals surface area contributed by atoms with Crippen molar-refractivity contribution in [1.29, 1.82) is 0 Å². The van der Waals surface area contributed by atoms with E-state index in [1.165, 1.54) is 75.8 Å². The van der Waals surface area contributed by atoms with Gasteiger partial charge in [-0.2, -0.15) is 0 Å². The molecule has 45 heavy (non-hydrogen) atoms. The number of aryl methyl sites for hydroxylation is 2. The van der Waals surface area contributed by atoms with E-state index < -0.39 is 0 Å². The largest absolute Gasteiger partial charge is 0.497 e. The zero-order chi connectivity index (χ0) is 30.4. The van der Waals surface area contributed by atoms with Crippen LogP contribution in [-0.4, -0.2) is 14.2 Å². The van der Waals surface area contributed by atoms with Gasteiger partial charge in [-0.25, -0.2) is 0 Å². The molecule has 9 aromatic rings. The molecule has 0 aliphatic heterocycles. The first-order valence-corrected chi connectivity index (χ1v) is 15.4. The fraction of sp³-hybridized carbons (Fsp3) is 0.0952. The van der Waals surface area contributed by atoms with E-state index in [9.17, 15) is 0 Å². The lowest BCUT2D eigenvalue weighted by atomic mass is 9.95. The summed E-state index contributed by atoms with van der Waals surface area (Å²) in [7, 11) is 3.41. The molecule has 0 bridgehead atoms. The molecule has 0 amide bonds. The van der Waals surface area contributed by atoms with Gasteiger partial charge in [0.1, 0.15) is 11.5 Å². The number of methoxy groups -OCH3 is 2. The van der Waals surface area contributed by atoms with Gasteiger partial charge in [-0.15, -0.1) is 0 Å². The van der Waals surface area contributed by atoms with Crippen LogP contribution in [-0.2, 0) is 0 Å². The number of nitrogens with zero attached hydrogens (tertiary/aromatic N) is 1. The number of benzene rings is 7. The van der Waals surface area contributed by atoms with Gasteiger partial charge in [0.05, 0.1) is 19.9 Å². The van der Waals surface area contributed by atoms with Crippen molar-refractivity contribution in [3.63, 3.8) is 0 Å². The standard InChI is InChI=1S/C42H31NO2/c1-24-37-32-11-5-8-26-9-6-12-33(41(26)32)38(37)25(2)40-35-22-23-36(31-10-7-13-34(39(24)40)42(31)35)43(27-14-18-29(44-3)19-15-27)28-16-20-30(45-4)21-17-28/h5-23H,1-4H3. The normalized spacial score (nSPS) is 12.0. The summed E-state index contributed by atoms with van der Waals surface area (Å²) in [5, 5.41) is 16.1. The summed E-state index contributed by atoms with van der Waals surface area (Å²) in [5.41, 5.74) is 5.99. The van der Waals surface area contributed by atoms with Crippen LogP contribution in [0.4, 0.5) is 17.1 Å². The number of ether oxygens (including phenoxy) is 2. The first-order chi connectivity index (χ1) is 22.1. The van der Waals surface area contributed by atoms with Crippen LogP contribution in [0.5, 0.6) is 11.5 Å². The zero-order valence-electron chi connectivity index (χ0n) is 25.7. The molecule has 3 nitrogen and oxygen atoms in total. The van der Waals surface area contributed by atoms with Crippen molar-refractivity contribution in [3.8, 4) is 11.5 Å². The average Bonchev–Trinajstić information content (AvgIpc) is 3.62. The van der Waals surface area contributed by atoms with Crippen LogP contribution in [0.2, 0.25) is 0 Å². The SMILES string of the molecule is COc1ccc(N(c2ccc(OC)cc2)c2ccc3c4c(C)c5c6cccc7cccc(c5c(C)c4c4cccc2c43)c76)cc1. The molecule has 9 aromatic carbocycles. The molecular weight excluding hydrogens is 550 g/mol. The van der Waals surface area contributed by atoms with Crippen LogP contribution in [0, 0.1) is 13.8 Å². The molecule has 0 heterocycles. The van der Waals surface area contributed by atoms with Crippen molar-refractivity contribution in [1.82, 2.24) is 0 Å². The molecule has 0 radical (unpaired) electrons. The third-order valence-corrected chi connectivity index (χ3v) is 9.90. The van der Waals surface area contributed by atoms with Gasteiger partial charge in [-0.05, 0) is 139 Å². The summed E-state index contributed by atoms with van der Waals surface area (Å²) >= 11 is 0. The second-order valence-corrected chi connectivity index (χ2v) is 12.1. The minimum atomic E-state index is 0.834. The first kappa shape index (κ1) is 25.9. The van der Waals surface area contributed by atoms with E-state index in [1.807, 2.05) is 24.3 Å². The molecule has 3 heteroatoms. The van der Waals surface area contributed by atoms with Crippen molar-refractivity contribution in [2.45, 2.75) is 13.8 Å². The number of fused-ring (bicyclic) bond motifs is 6. The van der Waals surface area contributed by atoms with E-state index in [0.717, 1.165) is 28.6 Å². The summed E-state index contributed by atoms with van der Waals surface area (Å²) in [5.74, 6) is 1.67. The average molecular weight is 582 g/mol. The molecule has 9 rings (SSSR count). The van der Waals surface area contributed by atoms with Gasteiger partial charge < -0.3 is 14.4 Å². The second-order valence-electron chi connectivity index (χ2n) is 12.1. The minimum Gasteiger partial charge on any atom is -0.497 e. The summed E-state index contributed by atoms with van der Waals surface area (Å²) in [4.78, 5) is 2.33. The maximum absolute atomic E-state index is 5.50. The molecule has 0 saturated carbocycles. The second kappa shape index (κ2) is 9.48. The smallest absolute Gasteiger partial charge is 0.119 e. The molecule has 0 N–H and O–H groups in total. The first-order valence-electron chi connectivity index (χ1n) is 15.4. The van der Waals surface area contributed by atoms with Crippen LogP contribution in [0.3, 0.4) is 0 Å². The van der Waals surface area contributed by atoms with E-state index in [1.54, 1.807) is 14.2 Å². The van der Waals surface area contributed by atoms with E-state index in [0.29, 0.717) is 0 Å². The molecule has 0 saturated heterocycles. The van der Waals surface area contributed by atoms with Crippen molar-refractivity contribution in [2.75, 3.05) is 19.1 Å². The molecular formula is C42H31NO2. The Morgan fingerprint density at radius 3 is 1.31 bits per heavy atom. The predicted octanol–water partition coefficient (Wildman–Crippen LogP) is 11.6. The Morgan fingerprint density at radius 2 is 0.822 bits per heavy atom. The molecule has 0 unspecified atom stereocenters. The Bertz CT molecular complexity index is 2430. The van der Waals surface area contributed by atoms with Crippen molar-refractivity contribution >= 4 is 81.7 Å². The van der Waals surface area contributed by atoms with Gasteiger partial charge in [0, 0.05) is 16.8 Å². The van der Waals surface area contributed by atoms with Gasteiger partial charge in [0.15, 0.2) is 0 Å². The lowest BCUT2D eigenvalue weighted by Crippen LogP contribution is -2.10. The lowest BCUT2D eigenvalue weighted by molar-refractivity contribution is 0.415. The van der Waals surface area contributed by atoms with E-state index in [-0.39, 0.29) is 0 Å². The van der Waals surface area contributed by atoms with Gasteiger partial charge >= 0.3 is 0 Å². The summed E-state index contributed by atoms with van der Waals surface area (Å²) in [6.45, 7) is 4.66. The van der Waals surface area contributed by atoms with E-state index in [2.05, 4.69) is 110 Å². The Morgan fingerprint density at radius 1 is 0.400 bits per heavy atom. The van der Waals surface area contributed by atoms with Gasteiger partial charge in [-0.3, -0.25) is 0 Å². The monoisotopic (exact) mass is 581 g/mol. The number of hydrogen-bond donors (Lipinski definition) is 0. The molecule has 0 spiro atoms. The number of anilines is 3. The minimum absolute atomic E-state index is 0.834. The summed E-state index contributed by atoms with van der Waals surface area (Å²) in [6.07, 6.45) is 0. The molecule has 216 valence electrons. The Labute approximate surface area is 261 Å². The molecule has 0 aliphatic carbocycles. The zero-order valence-corrected chi connectivity index (χ0v) is 25.7. The maximum Gasteiger partial charge on any atom is 0.119 e. The third kappa shape index (κ3) is 3.47. The van der Waals surface area contributed by atoms with E-state index >= 15 is 0 Å². The highest BCUT2D eigenvalue weighted by molar-refractivity contribution is 6.40. The van der Waals surface area contributed by atoms with Gasteiger partial charge in [-0.1, -0.05) is 60.7 Å². The third-order valence-electron chi connectivity index (χ3n) is 9.90. The Balaban J connectivity index is 1.38. The van der Waals surface area contributed by atoms with Crippen LogP contribution < -0.4 is 14.4 Å². The Hall–Kier alpha value is -5.54. The Kier molecular flexibility index (Phi) is 5.46. The van der Waals surface area contributed by atoms with Crippen molar-refractivity contribution < 1.29 is 9.47 Å². The summed E-state index contributed by atoms with van der Waals surface area (Å²) in [6, 6.07) is 41.5. The topological polar surface area (TPSA) is 21.7 Å². The van der Waals surface area contributed by atoms with Crippen LogP contribution >= 0.6 is 0 Å². The maximum atomic E-state index is 5.50. The predicted molar refractivity (Wildman–Crippen MR) is 191 cm³/mol. The lowest BCUT2D eigenvalue weighted by Gasteiger charge is -2.27. The fourth-order valence-corrected chi connectivity index (χ4v) is 8.00.